The number of aryl methyl sites for hydroxylation is 2. The molecule has 1 saturated heterocycles. The maximum Gasteiger partial charge on any atom is 0.319 e. The van der Waals surface area contributed by atoms with Crippen molar-refractivity contribution in [1.29, 1.82) is 0 Å². The fourth-order valence-electron chi connectivity index (χ4n) is 3.48. The SMILES string of the molecule is Cc1cc(C)cc(NC(=O)NC2CCN(Cc3ccc(Cl)cc3)CC2)c1. The Morgan fingerprint density at radius 1 is 1.08 bits per heavy atom. The molecule has 4 nitrogen and oxygen atoms in total. The number of carbonyl (C=O) groups excluding carboxylic acids is 1. The molecule has 1 aliphatic heterocycles. The van der Waals surface area contributed by atoms with Crippen LogP contribution in [0, 0.1) is 13.8 Å². The minimum atomic E-state index is -0.119. The van der Waals surface area contributed by atoms with E-state index in [1.807, 2.05) is 38.1 Å². The number of benzene rings is 2. The van der Waals surface area contributed by atoms with Gasteiger partial charge in [-0.05, 0) is 67.6 Å². The van der Waals surface area contributed by atoms with Crippen LogP contribution in [0.25, 0.3) is 0 Å². The lowest BCUT2D eigenvalue weighted by Crippen LogP contribution is -2.45. The van der Waals surface area contributed by atoms with Gasteiger partial charge in [-0.1, -0.05) is 29.8 Å². The number of nitrogens with one attached hydrogen (secondary N) is 2. The molecular weight excluding hydrogens is 346 g/mol. The summed E-state index contributed by atoms with van der Waals surface area (Å²) in [7, 11) is 0. The van der Waals surface area contributed by atoms with Crippen LogP contribution in [0.15, 0.2) is 42.5 Å². The Bertz CT molecular complexity index is 732. The fourth-order valence-corrected chi connectivity index (χ4v) is 3.61. The molecule has 2 aromatic carbocycles. The lowest BCUT2D eigenvalue weighted by molar-refractivity contribution is 0.190. The van der Waals surface area contributed by atoms with E-state index in [0.29, 0.717) is 0 Å². The number of amides is 2. The molecule has 1 fully saturated rings. The van der Waals surface area contributed by atoms with Gasteiger partial charge in [-0.3, -0.25) is 4.90 Å². The highest BCUT2D eigenvalue weighted by Crippen LogP contribution is 2.17. The van der Waals surface area contributed by atoms with Gasteiger partial charge in [0.1, 0.15) is 0 Å². The summed E-state index contributed by atoms with van der Waals surface area (Å²) in [5.41, 5.74) is 4.42. The average molecular weight is 372 g/mol. The van der Waals surface area contributed by atoms with E-state index in [-0.39, 0.29) is 12.1 Å². The smallest absolute Gasteiger partial charge is 0.319 e. The third-order valence-electron chi connectivity index (χ3n) is 4.72. The van der Waals surface area contributed by atoms with Crippen LogP contribution >= 0.6 is 11.6 Å². The number of likely N-dealkylation sites (tertiary alicyclic amines) is 1. The van der Waals surface area contributed by atoms with Gasteiger partial charge in [-0.15, -0.1) is 0 Å². The van der Waals surface area contributed by atoms with Gasteiger partial charge in [-0.25, -0.2) is 4.79 Å². The van der Waals surface area contributed by atoms with E-state index >= 15 is 0 Å². The first kappa shape index (κ1) is 18.7. The Morgan fingerprint density at radius 3 is 2.31 bits per heavy atom. The number of hydrogen-bond donors (Lipinski definition) is 2. The van der Waals surface area contributed by atoms with Gasteiger partial charge in [0.15, 0.2) is 0 Å². The third-order valence-corrected chi connectivity index (χ3v) is 4.97. The van der Waals surface area contributed by atoms with Crippen LogP contribution in [0.5, 0.6) is 0 Å². The van der Waals surface area contributed by atoms with Crippen molar-refractivity contribution >= 4 is 23.3 Å². The lowest BCUT2D eigenvalue weighted by Gasteiger charge is -2.32. The molecule has 2 aromatic rings. The zero-order chi connectivity index (χ0) is 18.5. The molecule has 0 aliphatic carbocycles. The highest BCUT2D eigenvalue weighted by atomic mass is 35.5. The zero-order valence-corrected chi connectivity index (χ0v) is 16.1. The minimum absolute atomic E-state index is 0.119. The Morgan fingerprint density at radius 2 is 1.69 bits per heavy atom. The van der Waals surface area contributed by atoms with E-state index in [1.165, 1.54) is 5.56 Å². The monoisotopic (exact) mass is 371 g/mol. The van der Waals surface area contributed by atoms with Crippen LogP contribution in [-0.2, 0) is 6.54 Å². The highest BCUT2D eigenvalue weighted by Gasteiger charge is 2.20. The second-order valence-electron chi connectivity index (χ2n) is 7.15. The van der Waals surface area contributed by atoms with E-state index in [0.717, 1.165) is 54.3 Å². The van der Waals surface area contributed by atoms with Gasteiger partial charge in [0.05, 0.1) is 0 Å². The largest absolute Gasteiger partial charge is 0.335 e. The molecule has 5 heteroatoms. The molecule has 0 bridgehead atoms. The fraction of sp³-hybridized carbons (Fsp3) is 0.381. The van der Waals surface area contributed by atoms with Crippen molar-refractivity contribution in [2.45, 2.75) is 39.3 Å². The number of halogens is 1. The predicted octanol–water partition coefficient (Wildman–Crippen LogP) is 4.74. The number of rotatable bonds is 4. The summed E-state index contributed by atoms with van der Waals surface area (Å²) in [6.45, 7) is 6.96. The Hall–Kier alpha value is -2.04. The highest BCUT2D eigenvalue weighted by molar-refractivity contribution is 6.30. The molecule has 0 radical (unpaired) electrons. The Balaban J connectivity index is 1.44. The molecule has 0 saturated carbocycles. The van der Waals surface area contributed by atoms with Crippen molar-refractivity contribution in [2.24, 2.45) is 0 Å². The molecule has 138 valence electrons. The second kappa shape index (κ2) is 8.56. The minimum Gasteiger partial charge on any atom is -0.335 e. The van der Waals surface area contributed by atoms with Crippen LogP contribution in [-0.4, -0.2) is 30.1 Å². The molecule has 26 heavy (non-hydrogen) atoms. The molecule has 1 aliphatic rings. The molecule has 2 amide bonds. The zero-order valence-electron chi connectivity index (χ0n) is 15.4. The summed E-state index contributed by atoms with van der Waals surface area (Å²) >= 11 is 5.94. The van der Waals surface area contributed by atoms with Crippen molar-refractivity contribution < 1.29 is 4.79 Å². The van der Waals surface area contributed by atoms with Gasteiger partial charge in [-0.2, -0.15) is 0 Å². The predicted molar refractivity (Wildman–Crippen MR) is 108 cm³/mol. The van der Waals surface area contributed by atoms with Gasteiger partial charge < -0.3 is 10.6 Å². The van der Waals surface area contributed by atoms with Gasteiger partial charge >= 0.3 is 6.03 Å². The molecule has 2 N–H and O–H groups in total. The molecule has 1 heterocycles. The third kappa shape index (κ3) is 5.48. The van der Waals surface area contributed by atoms with E-state index in [4.69, 9.17) is 11.6 Å². The summed E-state index contributed by atoms with van der Waals surface area (Å²) < 4.78 is 0. The molecule has 0 aromatic heterocycles. The van der Waals surface area contributed by atoms with Crippen molar-refractivity contribution in [1.82, 2.24) is 10.2 Å². The Kier molecular flexibility index (Phi) is 6.17. The quantitative estimate of drug-likeness (QED) is 0.815. The van der Waals surface area contributed by atoms with Crippen LogP contribution in [0.3, 0.4) is 0 Å². The van der Waals surface area contributed by atoms with Crippen molar-refractivity contribution in [3.05, 3.63) is 64.2 Å². The van der Waals surface area contributed by atoms with Crippen LogP contribution in [0.4, 0.5) is 10.5 Å². The average Bonchev–Trinajstić information content (AvgIpc) is 2.57. The van der Waals surface area contributed by atoms with Crippen molar-refractivity contribution in [3.8, 4) is 0 Å². The lowest BCUT2D eigenvalue weighted by atomic mass is 10.0. The topological polar surface area (TPSA) is 44.4 Å². The van der Waals surface area contributed by atoms with E-state index in [9.17, 15) is 4.79 Å². The van der Waals surface area contributed by atoms with E-state index in [1.54, 1.807) is 0 Å². The number of piperidine rings is 1. The first-order valence-corrected chi connectivity index (χ1v) is 9.48. The summed E-state index contributed by atoms with van der Waals surface area (Å²) in [6.07, 6.45) is 1.93. The molecule has 0 unspecified atom stereocenters. The first-order valence-electron chi connectivity index (χ1n) is 9.10. The van der Waals surface area contributed by atoms with Crippen molar-refractivity contribution in [2.75, 3.05) is 18.4 Å². The van der Waals surface area contributed by atoms with Crippen LogP contribution in [0.2, 0.25) is 5.02 Å². The summed E-state index contributed by atoms with van der Waals surface area (Å²) in [5, 5.41) is 6.82. The second-order valence-corrected chi connectivity index (χ2v) is 7.59. The molecule has 3 rings (SSSR count). The number of hydrogen-bond acceptors (Lipinski definition) is 2. The van der Waals surface area contributed by atoms with Crippen LogP contribution in [0.1, 0.15) is 29.5 Å². The van der Waals surface area contributed by atoms with E-state index in [2.05, 4.69) is 33.7 Å². The number of nitrogens with zero attached hydrogens (tertiary/aromatic N) is 1. The maximum atomic E-state index is 12.3. The standard InChI is InChI=1S/C21H26ClN3O/c1-15-11-16(2)13-20(12-15)24-21(26)23-19-7-9-25(10-8-19)14-17-3-5-18(22)6-4-17/h3-6,11-13,19H,7-10,14H2,1-2H3,(H2,23,24,26). The Labute approximate surface area is 160 Å². The van der Waals surface area contributed by atoms with Gasteiger partial charge in [0, 0.05) is 36.4 Å². The summed E-state index contributed by atoms with van der Waals surface area (Å²) in [6, 6.07) is 14.2. The molecule has 0 atom stereocenters. The van der Waals surface area contributed by atoms with E-state index < -0.39 is 0 Å². The molecule has 0 spiro atoms. The normalized spacial score (nSPS) is 15.7. The summed E-state index contributed by atoms with van der Waals surface area (Å²) in [4.78, 5) is 14.7. The summed E-state index contributed by atoms with van der Waals surface area (Å²) in [5.74, 6) is 0. The number of carbonyl (C=O) groups is 1. The first-order chi connectivity index (χ1) is 12.5. The van der Waals surface area contributed by atoms with Gasteiger partial charge in [0.2, 0.25) is 0 Å². The van der Waals surface area contributed by atoms with Crippen LogP contribution < -0.4 is 10.6 Å². The van der Waals surface area contributed by atoms with Gasteiger partial charge in [0.25, 0.3) is 0 Å². The number of urea groups is 1. The molecular formula is C21H26ClN3O. The maximum absolute atomic E-state index is 12.3. The number of anilines is 1. The van der Waals surface area contributed by atoms with Crippen molar-refractivity contribution in [3.63, 3.8) is 0 Å².